The maximum Gasteiger partial charge on any atom is 0.226 e. The summed E-state index contributed by atoms with van der Waals surface area (Å²) in [6.45, 7) is 4.72. The zero-order valence-electron chi connectivity index (χ0n) is 11.8. The number of amides is 1. The molecule has 1 aliphatic heterocycles. The van der Waals surface area contributed by atoms with Gasteiger partial charge in [0.15, 0.2) is 0 Å². The molecule has 0 aromatic heterocycles. The smallest absolute Gasteiger partial charge is 0.226 e. The third-order valence-corrected chi connectivity index (χ3v) is 4.25. The van der Waals surface area contributed by atoms with Crippen LogP contribution in [0.2, 0.25) is 0 Å². The summed E-state index contributed by atoms with van der Waals surface area (Å²) in [7, 11) is 0. The summed E-state index contributed by atoms with van der Waals surface area (Å²) in [5.74, 6) is 1.40. The Morgan fingerprint density at radius 3 is 3.00 bits per heavy atom. The number of rotatable bonds is 5. The van der Waals surface area contributed by atoms with E-state index in [2.05, 4.69) is 15.9 Å². The molecule has 2 N–H and O–H groups in total. The molecular formula is C15H21BrN2O2. The van der Waals surface area contributed by atoms with Crippen molar-refractivity contribution in [2.75, 3.05) is 26.2 Å². The van der Waals surface area contributed by atoms with Gasteiger partial charge in [-0.25, -0.2) is 0 Å². The van der Waals surface area contributed by atoms with E-state index in [1.54, 1.807) is 0 Å². The number of benzene rings is 1. The Labute approximate surface area is 128 Å². The molecule has 1 aromatic rings. The molecule has 1 aliphatic rings. The van der Waals surface area contributed by atoms with E-state index in [1.165, 1.54) is 5.56 Å². The molecule has 4 nitrogen and oxygen atoms in total. The van der Waals surface area contributed by atoms with Crippen LogP contribution in [0.15, 0.2) is 22.7 Å². The van der Waals surface area contributed by atoms with E-state index in [0.717, 1.165) is 29.7 Å². The normalized spacial score (nSPS) is 18.4. The first kappa shape index (κ1) is 15.3. The van der Waals surface area contributed by atoms with Crippen molar-refractivity contribution in [2.24, 2.45) is 11.7 Å². The van der Waals surface area contributed by atoms with E-state index in [-0.39, 0.29) is 5.91 Å². The lowest BCUT2D eigenvalue weighted by Gasteiger charge is -2.16. The number of nitrogens with two attached hydrogens (primary N) is 1. The monoisotopic (exact) mass is 340 g/mol. The highest BCUT2D eigenvalue weighted by atomic mass is 79.9. The molecule has 1 saturated heterocycles. The van der Waals surface area contributed by atoms with E-state index in [0.29, 0.717) is 25.5 Å². The molecule has 2 rings (SSSR count). The average Bonchev–Trinajstić information content (AvgIpc) is 2.90. The van der Waals surface area contributed by atoms with Crippen molar-refractivity contribution in [3.63, 3.8) is 0 Å². The molecule has 1 aromatic carbocycles. The van der Waals surface area contributed by atoms with Gasteiger partial charge >= 0.3 is 0 Å². The van der Waals surface area contributed by atoms with Gasteiger partial charge in [0.25, 0.3) is 0 Å². The van der Waals surface area contributed by atoms with E-state index >= 15 is 0 Å². The minimum atomic E-state index is 0.157. The quantitative estimate of drug-likeness (QED) is 0.894. The third-order valence-electron chi connectivity index (χ3n) is 3.63. The van der Waals surface area contributed by atoms with Crippen LogP contribution in [0, 0.1) is 12.8 Å². The van der Waals surface area contributed by atoms with Crippen LogP contribution in [0.1, 0.15) is 18.4 Å². The zero-order chi connectivity index (χ0) is 14.5. The molecule has 0 bridgehead atoms. The van der Waals surface area contributed by atoms with Gasteiger partial charge in [0.1, 0.15) is 5.75 Å². The summed E-state index contributed by atoms with van der Waals surface area (Å²) in [5.41, 5.74) is 6.80. The second-order valence-electron chi connectivity index (χ2n) is 5.26. The molecule has 1 fully saturated rings. The molecule has 0 aliphatic carbocycles. The molecule has 20 heavy (non-hydrogen) atoms. The summed E-state index contributed by atoms with van der Waals surface area (Å²) in [6, 6.07) is 5.92. The number of carbonyl (C=O) groups is 1. The van der Waals surface area contributed by atoms with Gasteiger partial charge in [-0.2, -0.15) is 0 Å². The highest BCUT2D eigenvalue weighted by Crippen LogP contribution is 2.26. The van der Waals surface area contributed by atoms with Crippen LogP contribution in [0.5, 0.6) is 5.75 Å². The SMILES string of the molecule is Cc1ccc(OCCC(=O)N2CC[C@@H](CN)C2)c(Br)c1. The minimum Gasteiger partial charge on any atom is -0.492 e. The van der Waals surface area contributed by atoms with Crippen molar-refractivity contribution >= 4 is 21.8 Å². The number of hydrogen-bond donors (Lipinski definition) is 1. The highest BCUT2D eigenvalue weighted by Gasteiger charge is 2.24. The molecule has 0 radical (unpaired) electrons. The first-order chi connectivity index (χ1) is 9.60. The fourth-order valence-electron chi connectivity index (χ4n) is 2.38. The second kappa shape index (κ2) is 7.09. The largest absolute Gasteiger partial charge is 0.492 e. The molecule has 1 atom stereocenters. The number of carbonyl (C=O) groups excluding carboxylic acids is 1. The number of nitrogens with zero attached hydrogens (tertiary/aromatic N) is 1. The number of aryl methyl sites for hydroxylation is 1. The Hall–Kier alpha value is -1.07. The molecule has 5 heteroatoms. The second-order valence-corrected chi connectivity index (χ2v) is 6.12. The van der Waals surface area contributed by atoms with Crippen LogP contribution < -0.4 is 10.5 Å². The first-order valence-electron chi connectivity index (χ1n) is 6.97. The van der Waals surface area contributed by atoms with Crippen molar-refractivity contribution in [1.82, 2.24) is 4.90 Å². The van der Waals surface area contributed by atoms with E-state index in [4.69, 9.17) is 10.5 Å². The van der Waals surface area contributed by atoms with Gasteiger partial charge in [-0.3, -0.25) is 4.79 Å². The molecule has 110 valence electrons. The van der Waals surface area contributed by atoms with Gasteiger partial charge in [0, 0.05) is 13.1 Å². The maximum atomic E-state index is 12.0. The Morgan fingerprint density at radius 1 is 1.55 bits per heavy atom. The van der Waals surface area contributed by atoms with Crippen LogP contribution in [0.25, 0.3) is 0 Å². The van der Waals surface area contributed by atoms with Crippen molar-refractivity contribution < 1.29 is 9.53 Å². The Morgan fingerprint density at radius 2 is 2.35 bits per heavy atom. The number of halogens is 1. The van der Waals surface area contributed by atoms with Crippen molar-refractivity contribution in [3.8, 4) is 5.75 Å². The topological polar surface area (TPSA) is 55.6 Å². The molecular weight excluding hydrogens is 320 g/mol. The lowest BCUT2D eigenvalue weighted by molar-refractivity contribution is -0.130. The van der Waals surface area contributed by atoms with Gasteiger partial charge in [0.2, 0.25) is 5.91 Å². The molecule has 1 heterocycles. The Kier molecular flexibility index (Phi) is 5.43. The van der Waals surface area contributed by atoms with Crippen molar-refractivity contribution in [1.29, 1.82) is 0 Å². The predicted octanol–water partition coefficient (Wildman–Crippen LogP) is 2.33. The fraction of sp³-hybridized carbons (Fsp3) is 0.533. The van der Waals surface area contributed by atoms with Gasteiger partial charge in [-0.1, -0.05) is 6.07 Å². The summed E-state index contributed by atoms with van der Waals surface area (Å²) in [6.07, 6.45) is 1.43. The van der Waals surface area contributed by atoms with Gasteiger partial charge < -0.3 is 15.4 Å². The third kappa shape index (κ3) is 3.96. The van der Waals surface area contributed by atoms with Crippen LogP contribution >= 0.6 is 15.9 Å². The Bertz CT molecular complexity index is 479. The van der Waals surface area contributed by atoms with Gasteiger partial charge in [0.05, 0.1) is 17.5 Å². The summed E-state index contributed by atoms with van der Waals surface area (Å²) >= 11 is 3.46. The zero-order valence-corrected chi connectivity index (χ0v) is 13.4. The standard InChI is InChI=1S/C15H21BrN2O2/c1-11-2-3-14(13(16)8-11)20-7-5-15(19)18-6-4-12(9-17)10-18/h2-3,8,12H,4-7,9-10,17H2,1H3/t12-/m0/s1. The molecule has 0 saturated carbocycles. The van der Waals surface area contributed by atoms with Gasteiger partial charge in [-0.15, -0.1) is 0 Å². The lowest BCUT2D eigenvalue weighted by Crippen LogP contribution is -2.30. The molecule has 1 amide bonds. The van der Waals surface area contributed by atoms with E-state index in [9.17, 15) is 4.79 Å². The van der Waals surface area contributed by atoms with E-state index < -0.39 is 0 Å². The van der Waals surface area contributed by atoms with Crippen LogP contribution in [-0.2, 0) is 4.79 Å². The summed E-state index contributed by atoms with van der Waals surface area (Å²) in [4.78, 5) is 13.9. The van der Waals surface area contributed by atoms with E-state index in [1.807, 2.05) is 30.0 Å². The highest BCUT2D eigenvalue weighted by molar-refractivity contribution is 9.10. The summed E-state index contributed by atoms with van der Waals surface area (Å²) < 4.78 is 6.58. The van der Waals surface area contributed by atoms with Gasteiger partial charge in [-0.05, 0) is 59.4 Å². The first-order valence-corrected chi connectivity index (χ1v) is 7.76. The number of ether oxygens (including phenoxy) is 1. The molecule has 0 spiro atoms. The molecule has 0 unspecified atom stereocenters. The predicted molar refractivity (Wildman–Crippen MR) is 82.7 cm³/mol. The number of hydrogen-bond acceptors (Lipinski definition) is 3. The van der Waals surface area contributed by atoms with Crippen molar-refractivity contribution in [3.05, 3.63) is 28.2 Å². The van der Waals surface area contributed by atoms with Crippen LogP contribution in [0.4, 0.5) is 0 Å². The maximum absolute atomic E-state index is 12.0. The Balaban J connectivity index is 1.77. The number of likely N-dealkylation sites (tertiary alicyclic amines) is 1. The van der Waals surface area contributed by atoms with Crippen molar-refractivity contribution in [2.45, 2.75) is 19.8 Å². The van der Waals surface area contributed by atoms with Crippen LogP contribution in [0.3, 0.4) is 0 Å². The average molecular weight is 341 g/mol. The lowest BCUT2D eigenvalue weighted by atomic mass is 10.1. The minimum absolute atomic E-state index is 0.157. The summed E-state index contributed by atoms with van der Waals surface area (Å²) in [5, 5.41) is 0. The van der Waals surface area contributed by atoms with Crippen LogP contribution in [-0.4, -0.2) is 37.0 Å². The fourth-order valence-corrected chi connectivity index (χ4v) is 2.99.